The summed E-state index contributed by atoms with van der Waals surface area (Å²) in [5, 5.41) is 13.9. The van der Waals surface area contributed by atoms with Gasteiger partial charge in [0.15, 0.2) is 10.6 Å². The molecule has 11 heteroatoms. The van der Waals surface area contributed by atoms with Gasteiger partial charge in [-0.15, -0.1) is 4.31 Å². The van der Waals surface area contributed by atoms with E-state index in [0.29, 0.717) is 5.69 Å². The predicted octanol–water partition coefficient (Wildman–Crippen LogP) is 1.87. The minimum Gasteiger partial charge on any atom is -0.597 e. The molecule has 1 fully saturated rings. The molecule has 3 rings (SSSR count). The van der Waals surface area contributed by atoms with Crippen molar-refractivity contribution in [1.29, 1.82) is 5.41 Å². The zero-order chi connectivity index (χ0) is 22.1. The third kappa shape index (κ3) is 4.37. The summed E-state index contributed by atoms with van der Waals surface area (Å²) in [5.41, 5.74) is 0.683. The van der Waals surface area contributed by atoms with E-state index in [4.69, 9.17) is 10.1 Å². The van der Waals surface area contributed by atoms with E-state index in [9.17, 15) is 13.7 Å². The largest absolute Gasteiger partial charge is 0.597 e. The van der Waals surface area contributed by atoms with E-state index in [2.05, 4.69) is 20.6 Å². The van der Waals surface area contributed by atoms with Crippen molar-refractivity contribution in [1.82, 2.24) is 19.6 Å². The summed E-state index contributed by atoms with van der Waals surface area (Å²) >= 11 is -1.46. The molecule has 1 aliphatic heterocycles. The molecule has 0 aliphatic carbocycles. The second-order valence-electron chi connectivity index (χ2n) is 7.28. The second-order valence-corrected chi connectivity index (χ2v) is 9.42. The lowest BCUT2D eigenvalue weighted by atomic mass is 10.0. The number of aromatic nitrogens is 2. The van der Waals surface area contributed by atoms with Crippen LogP contribution in [0.5, 0.6) is 5.88 Å². The quantitative estimate of drug-likeness (QED) is 0.627. The molecule has 1 aliphatic rings. The molecule has 2 unspecified atom stereocenters. The number of hydrogen-bond donors (Lipinski definition) is 3. The summed E-state index contributed by atoms with van der Waals surface area (Å²) in [6.45, 7) is 3.61. The van der Waals surface area contributed by atoms with E-state index in [1.54, 1.807) is 25.2 Å². The molecule has 30 heavy (non-hydrogen) atoms. The number of amides is 1. The predicted molar refractivity (Wildman–Crippen MR) is 111 cm³/mol. The number of nitrogens with zero attached hydrogens (tertiary/aromatic N) is 3. The molecule has 3 N–H and O–H groups in total. The van der Waals surface area contributed by atoms with Gasteiger partial charge in [-0.3, -0.25) is 10.2 Å². The van der Waals surface area contributed by atoms with Crippen LogP contribution in [0.25, 0.3) is 0 Å². The summed E-state index contributed by atoms with van der Waals surface area (Å²) in [4.78, 5) is 20.3. The number of nitrogens with one attached hydrogen (secondary N) is 3. The van der Waals surface area contributed by atoms with Crippen molar-refractivity contribution in [2.75, 3.05) is 26.0 Å². The van der Waals surface area contributed by atoms with Gasteiger partial charge in [0.25, 0.3) is 5.91 Å². The summed E-state index contributed by atoms with van der Waals surface area (Å²) in [6, 6.07) is 3.54. The van der Waals surface area contributed by atoms with Crippen molar-refractivity contribution < 1.29 is 18.5 Å². The molecule has 160 valence electrons. The molecule has 1 saturated heterocycles. The van der Waals surface area contributed by atoms with E-state index in [1.165, 1.54) is 37.7 Å². The third-order valence-corrected chi connectivity index (χ3v) is 6.57. The van der Waals surface area contributed by atoms with Crippen LogP contribution in [-0.2, 0) is 11.4 Å². The van der Waals surface area contributed by atoms with Gasteiger partial charge in [0.05, 0.1) is 43.5 Å². The summed E-state index contributed by atoms with van der Waals surface area (Å²) in [7, 11) is 3.11. The molecular formula is C19H23FN6O3S. The third-order valence-electron chi connectivity index (χ3n) is 4.78. The van der Waals surface area contributed by atoms with Gasteiger partial charge >= 0.3 is 0 Å². The lowest BCUT2D eigenvalue weighted by molar-refractivity contribution is 0.102. The Bertz CT molecular complexity index is 956. The highest BCUT2D eigenvalue weighted by molar-refractivity contribution is 7.91. The van der Waals surface area contributed by atoms with E-state index in [-0.39, 0.29) is 29.5 Å². The molecule has 9 nitrogen and oxygen atoms in total. The molecule has 1 aromatic carbocycles. The number of anilines is 1. The first-order chi connectivity index (χ1) is 14.1. The highest BCUT2D eigenvalue weighted by Crippen LogP contribution is 2.30. The molecular weight excluding hydrogens is 411 g/mol. The maximum absolute atomic E-state index is 14.6. The zero-order valence-corrected chi connectivity index (χ0v) is 17.8. The Labute approximate surface area is 176 Å². The number of likely N-dealkylation sites (N-methyl/N-ethyl adjacent to an activating group) is 1. The van der Waals surface area contributed by atoms with Crippen LogP contribution >= 0.6 is 0 Å². The molecule has 1 amide bonds. The number of ether oxygens (including phenoxy) is 1. The lowest BCUT2D eigenvalue weighted by Gasteiger charge is -2.29. The monoisotopic (exact) mass is 434 g/mol. The highest BCUT2D eigenvalue weighted by atomic mass is 32.2. The first kappa shape index (κ1) is 21.9. The summed E-state index contributed by atoms with van der Waals surface area (Å²) in [5.74, 6) is -0.676. The van der Waals surface area contributed by atoms with Gasteiger partial charge in [-0.1, -0.05) is 0 Å². The zero-order valence-electron chi connectivity index (χ0n) is 17.0. The van der Waals surface area contributed by atoms with Gasteiger partial charge in [-0.05, 0) is 32.0 Å². The molecule has 0 spiro atoms. The van der Waals surface area contributed by atoms with Crippen molar-refractivity contribution in [3.05, 3.63) is 47.7 Å². The van der Waals surface area contributed by atoms with Crippen molar-refractivity contribution in [3.63, 3.8) is 0 Å². The Balaban J connectivity index is 1.84. The SMILES string of the molecule is COc1cnc(C(=O)Nc2ccc(F)c(C3CN(C)[S+]([O-])C(C)(C)C(=N)N3)c2)cn1. The number of benzene rings is 1. The topological polar surface area (TPSA) is 126 Å². The number of carbonyl (C=O) groups excluding carboxylic acids is 1. The fourth-order valence-electron chi connectivity index (χ4n) is 2.99. The molecule has 2 aromatic rings. The van der Waals surface area contributed by atoms with Crippen molar-refractivity contribution >= 4 is 28.8 Å². The molecule has 2 heterocycles. The standard InChI is InChI=1S/C19H23FN6O3S/c1-19(2)18(21)25-15(10-26(3)30(19)28)12-7-11(5-6-13(12)20)24-17(27)14-8-23-16(29-4)9-22-14/h5-9,15H,10H2,1-4H3,(H2,21,25)(H,24,27). The highest BCUT2D eigenvalue weighted by Gasteiger charge is 2.45. The van der Waals surface area contributed by atoms with Crippen LogP contribution in [0, 0.1) is 11.2 Å². The second kappa shape index (κ2) is 8.54. The summed E-state index contributed by atoms with van der Waals surface area (Å²) in [6.07, 6.45) is 2.60. The summed E-state index contributed by atoms with van der Waals surface area (Å²) < 4.78 is 32.8. The smallest absolute Gasteiger partial charge is 0.275 e. The fraction of sp³-hybridized carbons (Fsp3) is 0.368. The maximum Gasteiger partial charge on any atom is 0.275 e. The first-order valence-electron chi connectivity index (χ1n) is 9.09. The average molecular weight is 434 g/mol. The fourth-order valence-corrected chi connectivity index (χ4v) is 4.29. The Kier molecular flexibility index (Phi) is 6.25. The maximum atomic E-state index is 14.6. The Hall–Kier alpha value is -2.76. The first-order valence-corrected chi connectivity index (χ1v) is 10.2. The van der Waals surface area contributed by atoms with Crippen LogP contribution in [0.15, 0.2) is 30.6 Å². The molecule has 0 radical (unpaired) electrons. The molecule has 0 bridgehead atoms. The van der Waals surface area contributed by atoms with Gasteiger partial charge in [-0.25, -0.2) is 14.4 Å². The van der Waals surface area contributed by atoms with Crippen LogP contribution < -0.4 is 15.4 Å². The number of halogens is 1. The lowest BCUT2D eigenvalue weighted by Crippen LogP contribution is -2.48. The van der Waals surface area contributed by atoms with Crippen LogP contribution in [0.3, 0.4) is 0 Å². The van der Waals surface area contributed by atoms with Gasteiger partial charge in [0.2, 0.25) is 5.88 Å². The van der Waals surface area contributed by atoms with Gasteiger partial charge in [0.1, 0.15) is 11.5 Å². The average Bonchev–Trinajstić information content (AvgIpc) is 2.80. The van der Waals surface area contributed by atoms with Crippen LogP contribution in [0.4, 0.5) is 10.1 Å². The Morgan fingerprint density at radius 3 is 2.80 bits per heavy atom. The number of carbonyl (C=O) groups is 1. The van der Waals surface area contributed by atoms with E-state index in [0.717, 1.165) is 0 Å². The molecule has 2 atom stereocenters. The minimum absolute atomic E-state index is 0.0533. The van der Waals surface area contributed by atoms with E-state index in [1.807, 2.05) is 0 Å². The number of methoxy groups -OCH3 is 1. The van der Waals surface area contributed by atoms with Crippen molar-refractivity contribution in [3.8, 4) is 5.88 Å². The number of amidine groups is 1. The number of hydrogen-bond acceptors (Lipinski definition) is 7. The van der Waals surface area contributed by atoms with Crippen LogP contribution in [-0.4, -0.2) is 56.0 Å². The minimum atomic E-state index is -1.46. The van der Waals surface area contributed by atoms with Crippen LogP contribution in [0.2, 0.25) is 0 Å². The normalized spacial score (nSPS) is 21.5. The van der Waals surface area contributed by atoms with Crippen LogP contribution in [0.1, 0.15) is 35.9 Å². The van der Waals surface area contributed by atoms with Gasteiger partial charge in [0, 0.05) is 18.3 Å². The van der Waals surface area contributed by atoms with Crippen molar-refractivity contribution in [2.45, 2.75) is 24.6 Å². The Morgan fingerprint density at radius 2 is 2.17 bits per heavy atom. The Morgan fingerprint density at radius 1 is 1.43 bits per heavy atom. The van der Waals surface area contributed by atoms with Gasteiger partial charge in [-0.2, -0.15) is 0 Å². The number of rotatable bonds is 4. The van der Waals surface area contributed by atoms with E-state index >= 15 is 0 Å². The van der Waals surface area contributed by atoms with E-state index < -0.39 is 33.9 Å². The molecule has 1 aromatic heterocycles. The van der Waals surface area contributed by atoms with Gasteiger partial charge < -0.3 is 19.9 Å². The molecule has 0 saturated carbocycles. The van der Waals surface area contributed by atoms with Crippen molar-refractivity contribution in [2.24, 2.45) is 0 Å².